The van der Waals surface area contributed by atoms with Crippen LogP contribution in [-0.2, 0) is 13.1 Å². The van der Waals surface area contributed by atoms with Crippen molar-refractivity contribution in [2.24, 2.45) is 0 Å². The molecule has 0 aliphatic carbocycles. The van der Waals surface area contributed by atoms with E-state index in [9.17, 15) is 4.79 Å². The average Bonchev–Trinajstić information content (AvgIpc) is 3.24. The number of ether oxygens (including phenoxy) is 2. The molecule has 0 atom stereocenters. The molecule has 0 N–H and O–H groups in total. The third kappa shape index (κ3) is 4.84. The van der Waals surface area contributed by atoms with E-state index in [1.54, 1.807) is 23.8 Å². The number of benzene rings is 2. The molecule has 2 aromatic carbocycles. The van der Waals surface area contributed by atoms with E-state index in [0.717, 1.165) is 17.0 Å². The van der Waals surface area contributed by atoms with E-state index in [1.807, 2.05) is 54.8 Å². The van der Waals surface area contributed by atoms with Gasteiger partial charge in [-0.3, -0.25) is 9.20 Å². The fourth-order valence-corrected chi connectivity index (χ4v) is 4.32. The number of fused-ring (bicyclic) bond motifs is 1. The number of rotatable bonds is 8. The van der Waals surface area contributed by atoms with Crippen molar-refractivity contribution in [3.63, 3.8) is 0 Å². The van der Waals surface area contributed by atoms with Crippen molar-refractivity contribution in [1.29, 1.82) is 0 Å². The molecular weight excluding hydrogens is 434 g/mol. The quantitative estimate of drug-likeness (QED) is 0.373. The number of anilines is 1. The SMILES string of the molecule is CCOc1ccc(CN(Cc2cc(=O)n3ccsc3n2)c2ccc(OC)c(Cl)c2)cc1. The van der Waals surface area contributed by atoms with Crippen LogP contribution in [-0.4, -0.2) is 23.1 Å². The van der Waals surface area contributed by atoms with Crippen molar-refractivity contribution in [1.82, 2.24) is 9.38 Å². The van der Waals surface area contributed by atoms with Crippen LogP contribution in [0.2, 0.25) is 5.02 Å². The molecule has 0 bridgehead atoms. The van der Waals surface area contributed by atoms with Gasteiger partial charge in [0.05, 0.1) is 31.0 Å². The Bertz CT molecular complexity index is 1240. The molecule has 0 radical (unpaired) electrons. The summed E-state index contributed by atoms with van der Waals surface area (Å²) in [6.07, 6.45) is 1.74. The Morgan fingerprint density at radius 2 is 1.94 bits per heavy atom. The molecule has 8 heteroatoms. The average molecular weight is 456 g/mol. The highest BCUT2D eigenvalue weighted by Gasteiger charge is 2.14. The number of aromatic nitrogens is 2. The van der Waals surface area contributed by atoms with Crippen molar-refractivity contribution in [3.8, 4) is 11.5 Å². The molecule has 4 rings (SSSR count). The minimum Gasteiger partial charge on any atom is -0.495 e. The minimum absolute atomic E-state index is 0.0879. The lowest BCUT2D eigenvalue weighted by molar-refractivity contribution is 0.340. The maximum Gasteiger partial charge on any atom is 0.258 e. The molecule has 0 unspecified atom stereocenters. The van der Waals surface area contributed by atoms with Gasteiger partial charge in [-0.1, -0.05) is 23.7 Å². The van der Waals surface area contributed by atoms with Gasteiger partial charge in [0.15, 0.2) is 4.96 Å². The fourth-order valence-electron chi connectivity index (χ4n) is 3.33. The zero-order chi connectivity index (χ0) is 21.8. The maximum atomic E-state index is 12.4. The lowest BCUT2D eigenvalue weighted by Gasteiger charge is -2.25. The largest absolute Gasteiger partial charge is 0.495 e. The van der Waals surface area contributed by atoms with Gasteiger partial charge in [0.2, 0.25) is 0 Å². The van der Waals surface area contributed by atoms with Gasteiger partial charge >= 0.3 is 0 Å². The summed E-state index contributed by atoms with van der Waals surface area (Å²) < 4.78 is 12.4. The summed E-state index contributed by atoms with van der Waals surface area (Å²) >= 11 is 7.83. The monoisotopic (exact) mass is 455 g/mol. The third-order valence-corrected chi connectivity index (χ3v) is 5.87. The van der Waals surface area contributed by atoms with Crippen molar-refractivity contribution in [2.75, 3.05) is 18.6 Å². The van der Waals surface area contributed by atoms with Gasteiger partial charge in [0.25, 0.3) is 5.56 Å². The Morgan fingerprint density at radius 3 is 2.65 bits per heavy atom. The van der Waals surface area contributed by atoms with Crippen molar-refractivity contribution < 1.29 is 9.47 Å². The van der Waals surface area contributed by atoms with Crippen LogP contribution in [0.15, 0.2) is 64.9 Å². The molecule has 0 aliphatic heterocycles. The first-order valence-corrected chi connectivity index (χ1v) is 11.1. The van der Waals surface area contributed by atoms with Gasteiger partial charge in [0, 0.05) is 29.9 Å². The third-order valence-electron chi connectivity index (χ3n) is 4.82. The lowest BCUT2D eigenvalue weighted by atomic mass is 10.1. The van der Waals surface area contributed by atoms with Crippen LogP contribution in [0.1, 0.15) is 18.2 Å². The predicted octanol–water partition coefficient (Wildman–Crippen LogP) is 5.02. The van der Waals surface area contributed by atoms with Crippen LogP contribution in [0, 0.1) is 0 Å². The molecule has 0 amide bonds. The van der Waals surface area contributed by atoms with Gasteiger partial charge < -0.3 is 14.4 Å². The predicted molar refractivity (Wildman–Crippen MR) is 125 cm³/mol. The lowest BCUT2D eigenvalue weighted by Crippen LogP contribution is -2.24. The zero-order valence-corrected chi connectivity index (χ0v) is 18.8. The fraction of sp³-hybridized carbons (Fsp3) is 0.217. The molecule has 31 heavy (non-hydrogen) atoms. The van der Waals surface area contributed by atoms with Crippen molar-refractivity contribution in [2.45, 2.75) is 20.0 Å². The van der Waals surface area contributed by atoms with E-state index in [-0.39, 0.29) is 5.56 Å². The first kappa shape index (κ1) is 21.2. The highest BCUT2D eigenvalue weighted by atomic mass is 35.5. The Hall–Kier alpha value is -3.03. The summed E-state index contributed by atoms with van der Waals surface area (Å²) in [4.78, 5) is 19.9. The smallest absolute Gasteiger partial charge is 0.258 e. The first-order valence-electron chi connectivity index (χ1n) is 9.83. The summed E-state index contributed by atoms with van der Waals surface area (Å²) in [6, 6.07) is 15.2. The maximum absolute atomic E-state index is 12.4. The molecule has 0 fully saturated rings. The van der Waals surface area contributed by atoms with E-state index >= 15 is 0 Å². The van der Waals surface area contributed by atoms with Crippen LogP contribution in [0.5, 0.6) is 11.5 Å². The normalized spacial score (nSPS) is 10.9. The number of hydrogen-bond donors (Lipinski definition) is 0. The molecule has 160 valence electrons. The van der Waals surface area contributed by atoms with E-state index in [2.05, 4.69) is 9.88 Å². The Labute approximate surface area is 189 Å². The summed E-state index contributed by atoms with van der Waals surface area (Å²) in [7, 11) is 1.59. The topological polar surface area (TPSA) is 56.1 Å². The Balaban J connectivity index is 1.67. The zero-order valence-electron chi connectivity index (χ0n) is 17.2. The van der Waals surface area contributed by atoms with Crippen molar-refractivity contribution >= 4 is 33.6 Å². The molecule has 2 heterocycles. The summed E-state index contributed by atoms with van der Waals surface area (Å²) in [6.45, 7) is 3.66. The standard InChI is InChI=1S/C23H22ClN3O3S/c1-3-30-19-7-4-16(5-8-19)14-26(18-6-9-21(29-2)20(24)13-18)15-17-12-22(28)27-10-11-31-23(27)25-17/h4-13H,3,14-15H2,1-2H3. The van der Waals surface area contributed by atoms with Gasteiger partial charge in [-0.05, 0) is 42.8 Å². The number of nitrogens with zero attached hydrogens (tertiary/aromatic N) is 3. The molecule has 0 saturated carbocycles. The Kier molecular flexibility index (Phi) is 6.44. The summed E-state index contributed by atoms with van der Waals surface area (Å²) in [5.41, 5.74) is 2.62. The van der Waals surface area contributed by atoms with Gasteiger partial charge in [-0.2, -0.15) is 0 Å². The van der Waals surface area contributed by atoms with E-state index in [0.29, 0.717) is 41.1 Å². The van der Waals surface area contributed by atoms with Crippen LogP contribution in [0.3, 0.4) is 0 Å². The van der Waals surface area contributed by atoms with Crippen LogP contribution >= 0.6 is 22.9 Å². The second-order valence-electron chi connectivity index (χ2n) is 6.89. The molecule has 6 nitrogen and oxygen atoms in total. The van der Waals surface area contributed by atoms with Crippen molar-refractivity contribution in [3.05, 3.63) is 86.7 Å². The molecule has 0 spiro atoms. The second kappa shape index (κ2) is 9.41. The molecular formula is C23H22ClN3O3S. The minimum atomic E-state index is -0.0879. The number of halogens is 1. The molecule has 0 aliphatic rings. The Morgan fingerprint density at radius 1 is 1.13 bits per heavy atom. The molecule has 0 saturated heterocycles. The highest BCUT2D eigenvalue weighted by molar-refractivity contribution is 7.15. The van der Waals surface area contributed by atoms with Gasteiger partial charge in [-0.25, -0.2) is 4.98 Å². The van der Waals surface area contributed by atoms with E-state index in [4.69, 9.17) is 21.1 Å². The summed E-state index contributed by atoms with van der Waals surface area (Å²) in [5.74, 6) is 1.45. The van der Waals surface area contributed by atoms with Crippen LogP contribution in [0.4, 0.5) is 5.69 Å². The van der Waals surface area contributed by atoms with Gasteiger partial charge in [0.1, 0.15) is 11.5 Å². The number of methoxy groups -OCH3 is 1. The van der Waals surface area contributed by atoms with E-state index in [1.165, 1.54) is 11.3 Å². The van der Waals surface area contributed by atoms with Crippen LogP contribution < -0.4 is 19.9 Å². The molecule has 2 aromatic heterocycles. The molecule has 4 aromatic rings. The second-order valence-corrected chi connectivity index (χ2v) is 8.17. The summed E-state index contributed by atoms with van der Waals surface area (Å²) in [5, 5.41) is 2.38. The number of thiazole rings is 1. The highest BCUT2D eigenvalue weighted by Crippen LogP contribution is 2.31. The first-order chi connectivity index (χ1) is 15.1. The van der Waals surface area contributed by atoms with E-state index < -0.39 is 0 Å². The van der Waals surface area contributed by atoms with Crippen LogP contribution in [0.25, 0.3) is 4.96 Å². The van der Waals surface area contributed by atoms with Gasteiger partial charge in [-0.15, -0.1) is 11.3 Å². The number of hydrogen-bond acceptors (Lipinski definition) is 6.